The number of hydrogen-bond acceptors (Lipinski definition) is 3. The summed E-state index contributed by atoms with van der Waals surface area (Å²) in [5.74, 6) is 0.132. The number of methoxy groups -OCH3 is 1. The normalized spacial score (nSPS) is 25.8. The predicted octanol–water partition coefficient (Wildman–Crippen LogP) is 1.74. The molecule has 0 aromatic heterocycles. The quantitative estimate of drug-likeness (QED) is 0.810. The fourth-order valence-electron chi connectivity index (χ4n) is 3.80. The molecule has 0 aromatic carbocycles. The Bertz CT molecular complexity index is 454. The highest BCUT2D eigenvalue weighted by Gasteiger charge is 2.39. The van der Waals surface area contributed by atoms with E-state index in [0.717, 1.165) is 45.1 Å². The summed E-state index contributed by atoms with van der Waals surface area (Å²) in [6, 6.07) is 0.555. The minimum atomic E-state index is -0.148. The van der Waals surface area contributed by atoms with Gasteiger partial charge in [-0.15, -0.1) is 0 Å². The van der Waals surface area contributed by atoms with Gasteiger partial charge < -0.3 is 19.9 Å². The lowest BCUT2D eigenvalue weighted by atomic mass is 9.80. The molecule has 130 valence electrons. The summed E-state index contributed by atoms with van der Waals surface area (Å²) in [4.78, 5) is 28.2. The average molecular weight is 323 g/mol. The molecule has 2 aliphatic carbocycles. The minimum Gasteiger partial charge on any atom is -0.376 e. The van der Waals surface area contributed by atoms with Crippen LogP contribution in [0.1, 0.15) is 51.9 Å². The molecule has 1 atom stereocenters. The van der Waals surface area contributed by atoms with Crippen LogP contribution >= 0.6 is 0 Å². The zero-order valence-electron chi connectivity index (χ0n) is 14.3. The van der Waals surface area contributed by atoms with Crippen molar-refractivity contribution < 1.29 is 14.3 Å². The summed E-state index contributed by atoms with van der Waals surface area (Å²) in [6.45, 7) is 3.69. The minimum absolute atomic E-state index is 0.00451. The number of likely N-dealkylation sites (tertiary alicyclic amines) is 1. The molecule has 1 aliphatic heterocycles. The molecule has 0 bridgehead atoms. The number of carbonyl (C=O) groups excluding carboxylic acids is 2. The fraction of sp³-hybridized carbons (Fsp3) is 0.882. The highest BCUT2D eigenvalue weighted by Crippen LogP contribution is 2.34. The second-order valence-corrected chi connectivity index (χ2v) is 7.29. The molecule has 3 amide bonds. The number of hydrogen-bond donors (Lipinski definition) is 1. The Kier molecular flexibility index (Phi) is 4.80. The molecule has 0 unspecified atom stereocenters. The standard InChI is InChI=1S/C17H29N3O3/c1-13(21)20(14-6-7-14)11-15-5-3-10-19(15)16(22)18-12-17(23-2)8-4-9-17/h14-15H,3-12H2,1-2H3,(H,18,22)/t15-/m1/s1. The van der Waals surface area contributed by atoms with E-state index in [-0.39, 0.29) is 23.6 Å². The van der Waals surface area contributed by atoms with Crippen molar-refractivity contribution in [2.45, 2.75) is 69.6 Å². The zero-order valence-corrected chi connectivity index (χ0v) is 14.3. The number of amides is 3. The van der Waals surface area contributed by atoms with Gasteiger partial charge in [0.2, 0.25) is 5.91 Å². The lowest BCUT2D eigenvalue weighted by Crippen LogP contribution is -2.54. The van der Waals surface area contributed by atoms with Crippen molar-refractivity contribution in [2.24, 2.45) is 0 Å². The fourth-order valence-corrected chi connectivity index (χ4v) is 3.80. The Morgan fingerprint density at radius 2 is 2.00 bits per heavy atom. The van der Waals surface area contributed by atoms with Crippen LogP contribution in [-0.2, 0) is 9.53 Å². The highest BCUT2D eigenvalue weighted by molar-refractivity contribution is 5.76. The molecule has 0 radical (unpaired) electrons. The van der Waals surface area contributed by atoms with Crippen molar-refractivity contribution in [1.82, 2.24) is 15.1 Å². The number of carbonyl (C=O) groups is 2. The van der Waals surface area contributed by atoms with E-state index in [0.29, 0.717) is 19.1 Å². The monoisotopic (exact) mass is 323 g/mol. The molecule has 1 N–H and O–H groups in total. The number of urea groups is 1. The molecule has 0 spiro atoms. The van der Waals surface area contributed by atoms with Crippen molar-refractivity contribution in [3.8, 4) is 0 Å². The second kappa shape index (κ2) is 6.67. The first kappa shape index (κ1) is 16.6. The molecule has 3 fully saturated rings. The summed E-state index contributed by atoms with van der Waals surface area (Å²) in [7, 11) is 1.73. The average Bonchev–Trinajstić information content (AvgIpc) is 3.21. The number of ether oxygens (including phenoxy) is 1. The van der Waals surface area contributed by atoms with Gasteiger partial charge in [0, 0.05) is 39.7 Å². The number of nitrogens with one attached hydrogen (secondary N) is 1. The van der Waals surface area contributed by atoms with Gasteiger partial charge in [-0.1, -0.05) is 0 Å². The molecule has 1 heterocycles. The van der Waals surface area contributed by atoms with Crippen molar-refractivity contribution >= 4 is 11.9 Å². The topological polar surface area (TPSA) is 61.9 Å². The van der Waals surface area contributed by atoms with E-state index in [4.69, 9.17) is 4.74 Å². The molecular formula is C17H29N3O3. The summed E-state index contributed by atoms with van der Waals surface area (Å²) < 4.78 is 5.56. The van der Waals surface area contributed by atoms with E-state index in [1.165, 1.54) is 6.42 Å². The first-order valence-electron chi connectivity index (χ1n) is 8.91. The molecule has 2 saturated carbocycles. The van der Waals surface area contributed by atoms with E-state index < -0.39 is 0 Å². The number of nitrogens with zero attached hydrogens (tertiary/aromatic N) is 2. The molecule has 23 heavy (non-hydrogen) atoms. The first-order chi connectivity index (χ1) is 11.0. The van der Waals surface area contributed by atoms with E-state index in [1.807, 2.05) is 9.80 Å². The van der Waals surface area contributed by atoms with Crippen LogP contribution < -0.4 is 5.32 Å². The third-order valence-electron chi connectivity index (χ3n) is 5.70. The molecule has 1 saturated heterocycles. The van der Waals surface area contributed by atoms with Crippen LogP contribution in [0.25, 0.3) is 0 Å². The van der Waals surface area contributed by atoms with Crippen LogP contribution in [0.15, 0.2) is 0 Å². The van der Waals surface area contributed by atoms with Crippen LogP contribution in [0.5, 0.6) is 0 Å². The van der Waals surface area contributed by atoms with Crippen LogP contribution in [0, 0.1) is 0 Å². The summed E-state index contributed by atoms with van der Waals surface area (Å²) in [5, 5.41) is 3.05. The van der Waals surface area contributed by atoms with Crippen molar-refractivity contribution in [3.05, 3.63) is 0 Å². The van der Waals surface area contributed by atoms with Crippen LogP contribution in [0.3, 0.4) is 0 Å². The van der Waals surface area contributed by atoms with Crippen LogP contribution in [0.4, 0.5) is 4.79 Å². The summed E-state index contributed by atoms with van der Waals surface area (Å²) in [5.41, 5.74) is -0.148. The van der Waals surface area contributed by atoms with Gasteiger partial charge in [0.05, 0.1) is 11.6 Å². The summed E-state index contributed by atoms with van der Waals surface area (Å²) >= 11 is 0. The smallest absolute Gasteiger partial charge is 0.317 e. The van der Waals surface area contributed by atoms with Crippen molar-refractivity contribution in [3.63, 3.8) is 0 Å². The third-order valence-corrected chi connectivity index (χ3v) is 5.70. The van der Waals surface area contributed by atoms with Gasteiger partial charge in [-0.05, 0) is 44.9 Å². The van der Waals surface area contributed by atoms with Crippen molar-refractivity contribution in [1.29, 1.82) is 0 Å². The van der Waals surface area contributed by atoms with Crippen LogP contribution in [0.2, 0.25) is 0 Å². The van der Waals surface area contributed by atoms with E-state index >= 15 is 0 Å². The van der Waals surface area contributed by atoms with Gasteiger partial charge in [-0.3, -0.25) is 4.79 Å². The molecule has 3 aliphatic rings. The summed E-state index contributed by atoms with van der Waals surface area (Å²) in [6.07, 6.45) is 7.43. The molecule has 0 aromatic rings. The van der Waals surface area contributed by atoms with Gasteiger partial charge >= 0.3 is 6.03 Å². The SMILES string of the molecule is COC1(CNC(=O)N2CCC[C@@H]2CN(C(C)=O)C2CC2)CCC1. The lowest BCUT2D eigenvalue weighted by Gasteiger charge is -2.41. The Balaban J connectivity index is 1.53. The Morgan fingerprint density at radius 1 is 1.26 bits per heavy atom. The maximum absolute atomic E-state index is 12.6. The maximum atomic E-state index is 12.6. The van der Waals surface area contributed by atoms with E-state index in [2.05, 4.69) is 5.32 Å². The van der Waals surface area contributed by atoms with E-state index in [1.54, 1.807) is 14.0 Å². The Hall–Kier alpha value is -1.30. The van der Waals surface area contributed by atoms with Gasteiger partial charge in [-0.2, -0.15) is 0 Å². The maximum Gasteiger partial charge on any atom is 0.317 e. The van der Waals surface area contributed by atoms with Gasteiger partial charge in [0.1, 0.15) is 0 Å². The van der Waals surface area contributed by atoms with Crippen molar-refractivity contribution in [2.75, 3.05) is 26.7 Å². The van der Waals surface area contributed by atoms with Gasteiger partial charge in [0.25, 0.3) is 0 Å². The molecular weight excluding hydrogens is 294 g/mol. The van der Waals surface area contributed by atoms with Gasteiger partial charge in [0.15, 0.2) is 0 Å². The zero-order chi connectivity index (χ0) is 16.4. The molecule has 6 heteroatoms. The molecule has 6 nitrogen and oxygen atoms in total. The third kappa shape index (κ3) is 3.62. The number of rotatable bonds is 6. The largest absolute Gasteiger partial charge is 0.376 e. The first-order valence-corrected chi connectivity index (χ1v) is 8.91. The second-order valence-electron chi connectivity index (χ2n) is 7.29. The Morgan fingerprint density at radius 3 is 2.52 bits per heavy atom. The van der Waals surface area contributed by atoms with Gasteiger partial charge in [-0.25, -0.2) is 4.79 Å². The van der Waals surface area contributed by atoms with E-state index in [9.17, 15) is 9.59 Å². The lowest BCUT2D eigenvalue weighted by molar-refractivity contribution is -0.130. The highest BCUT2D eigenvalue weighted by atomic mass is 16.5. The Labute approximate surface area is 138 Å². The van der Waals surface area contributed by atoms with Crippen LogP contribution in [-0.4, -0.2) is 66.2 Å². The predicted molar refractivity (Wildman–Crippen MR) is 87.1 cm³/mol. The molecule has 3 rings (SSSR count).